The second kappa shape index (κ2) is 7.38. The van der Waals surface area contributed by atoms with Crippen molar-refractivity contribution in [2.24, 2.45) is 0 Å². The molecule has 1 aromatic rings. The number of likely N-dealkylation sites (N-methyl/N-ethyl adjacent to an activating group) is 1. The molecule has 6 heteroatoms. The summed E-state index contributed by atoms with van der Waals surface area (Å²) in [5, 5.41) is 10.3. The first kappa shape index (κ1) is 16.9. The van der Waals surface area contributed by atoms with Crippen molar-refractivity contribution >= 4 is 18.3 Å². The summed E-state index contributed by atoms with van der Waals surface area (Å²) in [4.78, 5) is 12.0. The van der Waals surface area contributed by atoms with E-state index in [-0.39, 0.29) is 24.4 Å². The summed E-state index contributed by atoms with van der Waals surface area (Å²) in [7, 11) is 1.88. The molecule has 0 aliphatic heterocycles. The van der Waals surface area contributed by atoms with E-state index in [1.54, 1.807) is 0 Å². The molecule has 0 saturated heterocycles. The van der Waals surface area contributed by atoms with Crippen LogP contribution in [0.5, 0.6) is 0 Å². The number of hydrogen-bond acceptors (Lipinski definition) is 3. The molecule has 1 amide bonds. The Hall–Kier alpha value is -1.07. The molecule has 104 valence electrons. The highest BCUT2D eigenvalue weighted by Gasteiger charge is 2.17. The van der Waals surface area contributed by atoms with Gasteiger partial charge in [-0.2, -0.15) is 5.10 Å². The van der Waals surface area contributed by atoms with Crippen molar-refractivity contribution in [3.05, 3.63) is 17.0 Å². The smallest absolute Gasteiger partial charge is 0.255 e. The lowest BCUT2D eigenvalue weighted by atomic mass is 10.2. The van der Waals surface area contributed by atoms with Gasteiger partial charge in [0.15, 0.2) is 0 Å². The average molecular weight is 275 g/mol. The number of rotatable bonds is 5. The molecule has 0 fully saturated rings. The standard InChI is InChI=1S/C12H22N4O.ClH/c1-6-16-10(4)11(9(3)15-16)12(17)14-7-8(2)13-5;/h8,13H,6-7H2,1-5H3,(H,14,17);1H. The van der Waals surface area contributed by atoms with Crippen molar-refractivity contribution in [2.45, 2.75) is 40.3 Å². The molecule has 18 heavy (non-hydrogen) atoms. The number of aryl methyl sites for hydroxylation is 2. The maximum absolute atomic E-state index is 12.0. The van der Waals surface area contributed by atoms with E-state index in [0.717, 1.165) is 17.9 Å². The SMILES string of the molecule is CCn1nc(C)c(C(=O)NCC(C)NC)c1C.Cl. The molecule has 0 radical (unpaired) electrons. The molecule has 1 aromatic heterocycles. The molecule has 0 aromatic carbocycles. The van der Waals surface area contributed by atoms with E-state index < -0.39 is 0 Å². The second-order valence-electron chi connectivity index (χ2n) is 4.26. The third kappa shape index (κ3) is 3.71. The lowest BCUT2D eigenvalue weighted by molar-refractivity contribution is 0.0949. The zero-order chi connectivity index (χ0) is 13.0. The number of nitrogens with zero attached hydrogens (tertiary/aromatic N) is 2. The molecule has 0 aliphatic rings. The molecule has 0 spiro atoms. The fourth-order valence-electron chi connectivity index (χ4n) is 1.77. The largest absolute Gasteiger partial charge is 0.350 e. The maximum atomic E-state index is 12.0. The fraction of sp³-hybridized carbons (Fsp3) is 0.667. The van der Waals surface area contributed by atoms with E-state index in [1.165, 1.54) is 0 Å². The molecule has 2 N–H and O–H groups in total. The number of aromatic nitrogens is 2. The average Bonchev–Trinajstić information content (AvgIpc) is 2.60. The van der Waals surface area contributed by atoms with E-state index >= 15 is 0 Å². The van der Waals surface area contributed by atoms with Gasteiger partial charge in [0.25, 0.3) is 5.91 Å². The van der Waals surface area contributed by atoms with Crippen LogP contribution >= 0.6 is 12.4 Å². The Kier molecular flexibility index (Phi) is 6.94. The van der Waals surface area contributed by atoms with Crippen LogP contribution in [0.15, 0.2) is 0 Å². The van der Waals surface area contributed by atoms with Crippen molar-refractivity contribution in [3.8, 4) is 0 Å². The second-order valence-corrected chi connectivity index (χ2v) is 4.26. The summed E-state index contributed by atoms with van der Waals surface area (Å²) in [6.07, 6.45) is 0. The van der Waals surface area contributed by atoms with Crippen molar-refractivity contribution in [2.75, 3.05) is 13.6 Å². The lowest BCUT2D eigenvalue weighted by Crippen LogP contribution is -2.37. The molecule has 1 rings (SSSR count). The molecular weight excluding hydrogens is 252 g/mol. The Morgan fingerprint density at radius 1 is 1.44 bits per heavy atom. The van der Waals surface area contributed by atoms with E-state index in [2.05, 4.69) is 15.7 Å². The van der Waals surface area contributed by atoms with E-state index in [9.17, 15) is 4.79 Å². The molecule has 1 unspecified atom stereocenters. The zero-order valence-corrected chi connectivity index (χ0v) is 12.5. The van der Waals surface area contributed by atoms with Gasteiger partial charge in [-0.15, -0.1) is 12.4 Å². The van der Waals surface area contributed by atoms with E-state index in [4.69, 9.17) is 0 Å². The first-order chi connectivity index (χ1) is 8.01. The molecule has 0 bridgehead atoms. The molecule has 0 saturated carbocycles. The van der Waals surface area contributed by atoms with Crippen LogP contribution in [0, 0.1) is 13.8 Å². The predicted octanol–water partition coefficient (Wildman–Crippen LogP) is 1.28. The van der Waals surface area contributed by atoms with Crippen molar-refractivity contribution in [1.82, 2.24) is 20.4 Å². The minimum Gasteiger partial charge on any atom is -0.350 e. The van der Waals surface area contributed by atoms with Crippen LogP contribution in [0.1, 0.15) is 35.6 Å². The van der Waals surface area contributed by atoms with Crippen LogP contribution in [0.25, 0.3) is 0 Å². The van der Waals surface area contributed by atoms with Crippen molar-refractivity contribution < 1.29 is 4.79 Å². The molecule has 0 aliphatic carbocycles. The monoisotopic (exact) mass is 274 g/mol. The number of halogens is 1. The normalized spacial score (nSPS) is 11.8. The van der Waals surface area contributed by atoms with Gasteiger partial charge in [0.2, 0.25) is 0 Å². The Labute approximate surface area is 115 Å². The van der Waals surface area contributed by atoms with Crippen LogP contribution in [0.2, 0.25) is 0 Å². The Bertz CT molecular complexity index is 403. The van der Waals surface area contributed by atoms with Crippen LogP contribution in [-0.2, 0) is 6.54 Å². The fourth-order valence-corrected chi connectivity index (χ4v) is 1.77. The number of hydrogen-bond donors (Lipinski definition) is 2. The van der Waals surface area contributed by atoms with Crippen molar-refractivity contribution in [3.63, 3.8) is 0 Å². The Morgan fingerprint density at radius 3 is 2.50 bits per heavy atom. The third-order valence-corrected chi connectivity index (χ3v) is 2.97. The molecule has 5 nitrogen and oxygen atoms in total. The zero-order valence-electron chi connectivity index (χ0n) is 11.7. The van der Waals surface area contributed by atoms with Gasteiger partial charge in [0, 0.05) is 24.8 Å². The summed E-state index contributed by atoms with van der Waals surface area (Å²) in [6.45, 7) is 9.24. The highest BCUT2D eigenvalue weighted by Crippen LogP contribution is 2.12. The van der Waals surface area contributed by atoms with Gasteiger partial charge >= 0.3 is 0 Å². The van der Waals surface area contributed by atoms with E-state index in [0.29, 0.717) is 12.1 Å². The molecular formula is C12H23ClN4O. The molecule has 1 atom stereocenters. The predicted molar refractivity (Wildman–Crippen MR) is 75.5 cm³/mol. The summed E-state index contributed by atoms with van der Waals surface area (Å²) in [6, 6.07) is 0.265. The lowest BCUT2D eigenvalue weighted by Gasteiger charge is -2.11. The maximum Gasteiger partial charge on any atom is 0.255 e. The van der Waals surface area contributed by atoms with Crippen LogP contribution in [0.4, 0.5) is 0 Å². The van der Waals surface area contributed by atoms with Gasteiger partial charge in [-0.3, -0.25) is 9.48 Å². The van der Waals surface area contributed by atoms with Gasteiger partial charge in [-0.1, -0.05) is 0 Å². The Balaban J connectivity index is 0.00000289. The summed E-state index contributed by atoms with van der Waals surface area (Å²) < 4.78 is 1.85. The van der Waals surface area contributed by atoms with Crippen LogP contribution in [-0.4, -0.2) is 35.3 Å². The van der Waals surface area contributed by atoms with Gasteiger partial charge in [0.1, 0.15) is 0 Å². The van der Waals surface area contributed by atoms with Gasteiger partial charge in [-0.05, 0) is 34.7 Å². The first-order valence-corrected chi connectivity index (χ1v) is 6.00. The summed E-state index contributed by atoms with van der Waals surface area (Å²) in [5.74, 6) is -0.0400. The van der Waals surface area contributed by atoms with Gasteiger partial charge < -0.3 is 10.6 Å². The van der Waals surface area contributed by atoms with Gasteiger partial charge in [0.05, 0.1) is 11.3 Å². The number of carbonyl (C=O) groups excluding carboxylic acids is 1. The van der Waals surface area contributed by atoms with Crippen LogP contribution in [0.3, 0.4) is 0 Å². The van der Waals surface area contributed by atoms with Gasteiger partial charge in [-0.25, -0.2) is 0 Å². The number of carbonyl (C=O) groups is 1. The topological polar surface area (TPSA) is 59.0 Å². The minimum atomic E-state index is -0.0400. The van der Waals surface area contributed by atoms with E-state index in [1.807, 2.05) is 39.4 Å². The Morgan fingerprint density at radius 2 is 2.06 bits per heavy atom. The number of amides is 1. The minimum absolute atomic E-state index is 0. The number of nitrogens with one attached hydrogen (secondary N) is 2. The molecule has 1 heterocycles. The highest BCUT2D eigenvalue weighted by molar-refractivity contribution is 5.96. The highest BCUT2D eigenvalue weighted by atomic mass is 35.5. The first-order valence-electron chi connectivity index (χ1n) is 6.00. The quantitative estimate of drug-likeness (QED) is 0.850. The summed E-state index contributed by atoms with van der Waals surface area (Å²) in [5.41, 5.74) is 2.42. The third-order valence-electron chi connectivity index (χ3n) is 2.97. The summed E-state index contributed by atoms with van der Waals surface area (Å²) >= 11 is 0. The van der Waals surface area contributed by atoms with Crippen molar-refractivity contribution in [1.29, 1.82) is 0 Å². The van der Waals surface area contributed by atoms with Crippen LogP contribution < -0.4 is 10.6 Å².